The largest absolute Gasteiger partial charge is 0.106 e. The zero-order chi connectivity index (χ0) is 8.69. The van der Waals surface area contributed by atoms with E-state index in [1.165, 1.54) is 24.8 Å². The van der Waals surface area contributed by atoms with Gasteiger partial charge in [-0.3, -0.25) is 0 Å². The van der Waals surface area contributed by atoms with Gasteiger partial charge in [-0.1, -0.05) is 30.2 Å². The van der Waals surface area contributed by atoms with Crippen molar-refractivity contribution in [2.75, 3.05) is 0 Å². The first kappa shape index (κ1) is 10.2. The molecule has 0 aromatic rings. The van der Waals surface area contributed by atoms with E-state index in [0.29, 0.717) is 0 Å². The molecule has 0 radical (unpaired) electrons. The Labute approximate surface area is 70.3 Å². The van der Waals surface area contributed by atoms with Gasteiger partial charge in [0.2, 0.25) is 0 Å². The molecule has 0 heteroatoms. The Kier molecular flexibility index (Phi) is 5.54. The lowest BCUT2D eigenvalue weighted by molar-refractivity contribution is 0.857. The second-order valence-corrected chi connectivity index (χ2v) is 2.69. The molecule has 0 nitrogen and oxygen atoms in total. The molecule has 11 heavy (non-hydrogen) atoms. The molecule has 0 spiro atoms. The third kappa shape index (κ3) is 3.82. The first-order valence-corrected chi connectivity index (χ1v) is 4.18. The molecule has 0 aliphatic heterocycles. The van der Waals surface area contributed by atoms with E-state index in [1.54, 1.807) is 5.57 Å². The lowest BCUT2D eigenvalue weighted by atomic mass is 9.98. The summed E-state index contributed by atoms with van der Waals surface area (Å²) in [6.07, 6.45) is 8.30. The van der Waals surface area contributed by atoms with Gasteiger partial charge in [0.05, 0.1) is 0 Å². The Morgan fingerprint density at radius 3 is 2.27 bits per heavy atom. The first-order chi connectivity index (χ1) is 5.33. The highest BCUT2D eigenvalue weighted by Gasteiger charge is 1.99. The molecule has 0 bridgehead atoms. The molecule has 0 unspecified atom stereocenters. The monoisotopic (exact) mass is 150 g/mol. The van der Waals surface area contributed by atoms with Crippen LogP contribution >= 0.6 is 0 Å². The zero-order valence-electron chi connectivity index (χ0n) is 7.69. The van der Waals surface area contributed by atoms with Gasteiger partial charge >= 0.3 is 0 Å². The molecule has 0 atom stereocenters. The maximum Gasteiger partial charge on any atom is -0.0280 e. The Morgan fingerprint density at radius 1 is 1.27 bits per heavy atom. The Morgan fingerprint density at radius 2 is 1.91 bits per heavy atom. The quantitative estimate of drug-likeness (QED) is 0.498. The van der Waals surface area contributed by atoms with Crippen LogP contribution in [0.1, 0.15) is 33.1 Å². The fourth-order valence-corrected chi connectivity index (χ4v) is 1.08. The molecule has 62 valence electrons. The molecular weight excluding hydrogens is 132 g/mol. The highest BCUT2D eigenvalue weighted by Crippen LogP contribution is 2.19. The van der Waals surface area contributed by atoms with Gasteiger partial charge in [0.15, 0.2) is 0 Å². The number of hydrogen-bond donors (Lipinski definition) is 0. The van der Waals surface area contributed by atoms with Crippen molar-refractivity contribution in [2.45, 2.75) is 33.1 Å². The summed E-state index contributed by atoms with van der Waals surface area (Å²) in [7, 11) is 0. The van der Waals surface area contributed by atoms with Gasteiger partial charge < -0.3 is 0 Å². The van der Waals surface area contributed by atoms with E-state index in [0.717, 1.165) is 0 Å². The minimum absolute atomic E-state index is 1.23. The van der Waals surface area contributed by atoms with Crippen molar-refractivity contribution < 1.29 is 0 Å². The fourth-order valence-electron chi connectivity index (χ4n) is 1.08. The van der Waals surface area contributed by atoms with E-state index in [9.17, 15) is 0 Å². The van der Waals surface area contributed by atoms with Crippen LogP contribution in [0.4, 0.5) is 0 Å². The average molecular weight is 150 g/mol. The molecule has 0 aromatic carbocycles. The predicted molar refractivity (Wildman–Crippen MR) is 52.6 cm³/mol. The molecule has 0 fully saturated rings. The second-order valence-electron chi connectivity index (χ2n) is 2.69. The number of rotatable bonds is 1. The summed E-state index contributed by atoms with van der Waals surface area (Å²) in [4.78, 5) is 0. The average Bonchev–Trinajstić information content (AvgIpc) is 2.10. The smallest absolute Gasteiger partial charge is 0.0280 e. The van der Waals surface area contributed by atoms with Gasteiger partial charge in [-0.2, -0.15) is 0 Å². The van der Waals surface area contributed by atoms with Gasteiger partial charge in [0.25, 0.3) is 0 Å². The van der Waals surface area contributed by atoms with E-state index in [1.807, 2.05) is 0 Å². The minimum atomic E-state index is 1.23. The van der Waals surface area contributed by atoms with Crippen molar-refractivity contribution in [2.24, 2.45) is 0 Å². The van der Waals surface area contributed by atoms with Gasteiger partial charge in [-0.25, -0.2) is 0 Å². The summed E-state index contributed by atoms with van der Waals surface area (Å²) in [5.74, 6) is 0. The van der Waals surface area contributed by atoms with Crippen LogP contribution < -0.4 is 0 Å². The minimum Gasteiger partial charge on any atom is -0.106 e. The fraction of sp³-hybridized carbons (Fsp3) is 0.455. The summed E-state index contributed by atoms with van der Waals surface area (Å²) >= 11 is 0. The zero-order valence-corrected chi connectivity index (χ0v) is 7.69. The maximum absolute atomic E-state index is 3.00. The van der Waals surface area contributed by atoms with Crippen molar-refractivity contribution in [1.29, 1.82) is 0 Å². The highest BCUT2D eigenvalue weighted by atomic mass is 14.0. The molecular formula is C11H18. The van der Waals surface area contributed by atoms with E-state index in [-0.39, 0.29) is 0 Å². The van der Waals surface area contributed by atoms with Gasteiger partial charge in [0, 0.05) is 0 Å². The van der Waals surface area contributed by atoms with Crippen LogP contribution in [-0.2, 0) is 0 Å². The van der Waals surface area contributed by atoms with Crippen molar-refractivity contribution in [1.82, 2.24) is 0 Å². The summed E-state index contributed by atoms with van der Waals surface area (Å²) < 4.78 is 0. The summed E-state index contributed by atoms with van der Waals surface area (Å²) in [6, 6.07) is 0. The van der Waals surface area contributed by atoms with Crippen LogP contribution in [0.5, 0.6) is 0 Å². The predicted octanol–water partition coefficient (Wildman–Crippen LogP) is 3.87. The third-order valence-electron chi connectivity index (χ3n) is 1.90. The number of hydrogen-bond acceptors (Lipinski definition) is 0. The van der Waals surface area contributed by atoms with Gasteiger partial charge in [-0.15, -0.1) is 13.2 Å². The molecule has 0 saturated carbocycles. The second kappa shape index (κ2) is 5.96. The van der Waals surface area contributed by atoms with E-state index in [2.05, 4.69) is 39.2 Å². The van der Waals surface area contributed by atoms with Crippen LogP contribution in [0.2, 0.25) is 0 Å². The molecule has 0 amide bonds. The lowest BCUT2D eigenvalue weighted by Crippen LogP contribution is -1.88. The normalized spacial score (nSPS) is 15.8. The van der Waals surface area contributed by atoms with Gasteiger partial charge in [-0.05, 0) is 26.2 Å². The molecule has 1 aliphatic carbocycles. The van der Waals surface area contributed by atoms with Crippen LogP contribution in [0, 0.1) is 0 Å². The topological polar surface area (TPSA) is 0 Å². The van der Waals surface area contributed by atoms with Crippen LogP contribution in [0.15, 0.2) is 36.5 Å². The van der Waals surface area contributed by atoms with Gasteiger partial charge in [0.1, 0.15) is 0 Å². The molecule has 1 rings (SSSR count). The molecule has 0 N–H and O–H groups in total. The van der Waals surface area contributed by atoms with E-state index >= 15 is 0 Å². The third-order valence-corrected chi connectivity index (χ3v) is 1.90. The van der Waals surface area contributed by atoms with Crippen LogP contribution in [-0.4, -0.2) is 0 Å². The summed E-state index contributed by atoms with van der Waals surface area (Å²) in [5.41, 5.74) is 3.12. The van der Waals surface area contributed by atoms with Crippen LogP contribution in [0.25, 0.3) is 0 Å². The van der Waals surface area contributed by atoms with E-state index < -0.39 is 0 Å². The molecule has 0 heterocycles. The standard InChI is InChI=1S/C9H14.C2H4/c1-3-9-6-4-8(2)5-7-9;1-2/h4,6H,3,5,7H2,1-2H3;1-2H2. The number of allylic oxidation sites excluding steroid dienone is 4. The van der Waals surface area contributed by atoms with Crippen molar-refractivity contribution in [3.8, 4) is 0 Å². The summed E-state index contributed by atoms with van der Waals surface area (Å²) in [5, 5.41) is 0. The van der Waals surface area contributed by atoms with Crippen molar-refractivity contribution >= 4 is 0 Å². The lowest BCUT2D eigenvalue weighted by Gasteiger charge is -2.08. The maximum atomic E-state index is 3.00. The highest BCUT2D eigenvalue weighted by molar-refractivity contribution is 5.22. The molecule has 0 saturated heterocycles. The van der Waals surface area contributed by atoms with Crippen molar-refractivity contribution in [3.05, 3.63) is 36.5 Å². The molecule has 1 aliphatic rings. The Balaban J connectivity index is 0.000000461. The van der Waals surface area contributed by atoms with Crippen molar-refractivity contribution in [3.63, 3.8) is 0 Å². The SMILES string of the molecule is C=C.CCC1=CC=C(C)CC1. The Hall–Kier alpha value is -0.780. The first-order valence-electron chi connectivity index (χ1n) is 4.18. The molecule has 0 aromatic heterocycles. The summed E-state index contributed by atoms with van der Waals surface area (Å²) in [6.45, 7) is 10.4. The van der Waals surface area contributed by atoms with E-state index in [4.69, 9.17) is 0 Å². The Bertz CT molecular complexity index is 161. The van der Waals surface area contributed by atoms with Crippen LogP contribution in [0.3, 0.4) is 0 Å².